The molecule has 0 atom stereocenters. The van der Waals surface area contributed by atoms with Crippen LogP contribution in [0, 0.1) is 0 Å². The number of nitrogens with zero attached hydrogens (tertiary/aromatic N) is 1. The van der Waals surface area contributed by atoms with Gasteiger partial charge in [0.05, 0.1) is 11.1 Å². The van der Waals surface area contributed by atoms with E-state index in [4.69, 9.17) is 9.47 Å². The summed E-state index contributed by atoms with van der Waals surface area (Å²) >= 11 is 0. The molecule has 0 saturated carbocycles. The zero-order valence-electron chi connectivity index (χ0n) is 22.0. The smallest absolute Gasteiger partial charge is 0.275 e. The van der Waals surface area contributed by atoms with Crippen molar-refractivity contribution in [2.24, 2.45) is 0 Å². The van der Waals surface area contributed by atoms with Crippen LogP contribution in [-0.2, 0) is 22.8 Å². The summed E-state index contributed by atoms with van der Waals surface area (Å²) in [5.41, 5.74) is 4.98. The number of H-pyrrole nitrogens is 1. The molecule has 2 N–H and O–H groups in total. The predicted octanol–water partition coefficient (Wildman–Crippen LogP) is 6.31. The van der Waals surface area contributed by atoms with Crippen molar-refractivity contribution in [2.45, 2.75) is 13.2 Å². The highest BCUT2D eigenvalue weighted by molar-refractivity contribution is 6.47. The summed E-state index contributed by atoms with van der Waals surface area (Å²) in [6.45, 7) is 0.877. The summed E-state index contributed by atoms with van der Waals surface area (Å²) in [7, 11) is 0. The number of carbonyl (C=O) groups is 2. The van der Waals surface area contributed by atoms with Gasteiger partial charge in [0.15, 0.2) is 0 Å². The predicted molar refractivity (Wildman–Crippen MR) is 158 cm³/mol. The number of ether oxygens (including phenoxy) is 2. The third-order valence-electron chi connectivity index (χ3n) is 7.23. The van der Waals surface area contributed by atoms with Crippen molar-refractivity contribution < 1.29 is 19.1 Å². The molecule has 7 heteroatoms. The van der Waals surface area contributed by atoms with Crippen molar-refractivity contribution in [3.05, 3.63) is 132 Å². The van der Waals surface area contributed by atoms with E-state index in [2.05, 4.69) is 10.3 Å². The number of hydrogen-bond donors (Lipinski definition) is 2. The molecule has 0 bridgehead atoms. The van der Waals surface area contributed by atoms with Crippen LogP contribution in [0.1, 0.15) is 16.7 Å². The molecule has 4 aromatic carbocycles. The largest absolute Gasteiger partial charge is 0.489 e. The molecule has 2 amide bonds. The van der Waals surface area contributed by atoms with Crippen LogP contribution in [0.2, 0.25) is 0 Å². The summed E-state index contributed by atoms with van der Waals surface area (Å²) < 4.78 is 13.8. The van der Waals surface area contributed by atoms with Crippen LogP contribution in [-0.4, -0.2) is 21.4 Å². The molecule has 1 aliphatic heterocycles. The van der Waals surface area contributed by atoms with Crippen molar-refractivity contribution in [3.8, 4) is 11.5 Å². The van der Waals surface area contributed by atoms with Gasteiger partial charge >= 0.3 is 0 Å². The minimum absolute atomic E-state index is 0.277. The Bertz CT molecular complexity index is 1950. The molecule has 3 heterocycles. The second-order valence-corrected chi connectivity index (χ2v) is 9.87. The zero-order valence-corrected chi connectivity index (χ0v) is 22.0. The number of hydrogen-bond acceptors (Lipinski definition) is 4. The number of benzene rings is 4. The minimum Gasteiger partial charge on any atom is -0.489 e. The van der Waals surface area contributed by atoms with Gasteiger partial charge in [-0.1, -0.05) is 60.7 Å². The van der Waals surface area contributed by atoms with E-state index in [1.807, 2.05) is 109 Å². The topological polar surface area (TPSA) is 85.4 Å². The summed E-state index contributed by atoms with van der Waals surface area (Å²) in [6, 6.07) is 33.2. The van der Waals surface area contributed by atoms with Crippen LogP contribution in [0.3, 0.4) is 0 Å². The van der Waals surface area contributed by atoms with Gasteiger partial charge in [-0.2, -0.15) is 0 Å². The first kappa shape index (κ1) is 24.5. The maximum atomic E-state index is 13.2. The monoisotopic (exact) mass is 539 g/mol. The number of imide groups is 1. The number of aromatic amines is 1. The molecule has 7 nitrogen and oxygen atoms in total. The molecule has 0 fully saturated rings. The number of aromatic nitrogens is 2. The van der Waals surface area contributed by atoms with Gasteiger partial charge in [0.2, 0.25) is 0 Å². The molecular formula is C34H25N3O4. The van der Waals surface area contributed by atoms with Crippen LogP contribution < -0.4 is 14.8 Å². The maximum Gasteiger partial charge on any atom is 0.275 e. The Hall–Kier alpha value is -5.56. The molecule has 7 rings (SSSR count). The van der Waals surface area contributed by atoms with Gasteiger partial charge in [-0.3, -0.25) is 14.9 Å². The van der Waals surface area contributed by atoms with E-state index in [9.17, 15) is 9.59 Å². The first-order valence-corrected chi connectivity index (χ1v) is 13.3. The van der Waals surface area contributed by atoms with Gasteiger partial charge in [0, 0.05) is 34.2 Å². The third kappa shape index (κ3) is 4.63. The van der Waals surface area contributed by atoms with E-state index in [0.717, 1.165) is 38.7 Å². The second kappa shape index (κ2) is 10.2. The first-order valence-electron chi connectivity index (χ1n) is 13.3. The highest BCUT2D eigenvalue weighted by Crippen LogP contribution is 2.36. The lowest BCUT2D eigenvalue weighted by molar-refractivity contribution is -0.122. The fourth-order valence-corrected chi connectivity index (χ4v) is 5.21. The van der Waals surface area contributed by atoms with Crippen LogP contribution in [0.25, 0.3) is 33.1 Å². The van der Waals surface area contributed by atoms with Crippen molar-refractivity contribution in [2.75, 3.05) is 0 Å². The summed E-state index contributed by atoms with van der Waals surface area (Å²) in [4.78, 5) is 29.6. The molecular weight excluding hydrogens is 514 g/mol. The Morgan fingerprint density at radius 3 is 2.05 bits per heavy atom. The highest BCUT2D eigenvalue weighted by Gasteiger charge is 2.34. The van der Waals surface area contributed by atoms with Gasteiger partial charge in [0.1, 0.15) is 30.4 Å². The second-order valence-electron chi connectivity index (χ2n) is 9.87. The Kier molecular flexibility index (Phi) is 6.09. The molecule has 0 radical (unpaired) electrons. The molecule has 0 spiro atoms. The molecule has 1 aliphatic rings. The van der Waals surface area contributed by atoms with Crippen LogP contribution in [0.15, 0.2) is 116 Å². The Morgan fingerprint density at radius 2 is 1.34 bits per heavy atom. The summed E-state index contributed by atoms with van der Waals surface area (Å²) in [5, 5.41) is 4.18. The van der Waals surface area contributed by atoms with Gasteiger partial charge in [-0.05, 0) is 53.6 Å². The molecule has 0 aliphatic carbocycles. The Labute approximate surface area is 235 Å². The number of carbonyl (C=O) groups excluding carboxylic acids is 2. The van der Waals surface area contributed by atoms with Crippen molar-refractivity contribution in [1.82, 2.24) is 14.9 Å². The van der Waals surface area contributed by atoms with E-state index in [1.165, 1.54) is 0 Å². The van der Waals surface area contributed by atoms with Crippen LogP contribution >= 0.6 is 0 Å². The molecule has 0 unspecified atom stereocenters. The van der Waals surface area contributed by atoms with Crippen LogP contribution in [0.4, 0.5) is 0 Å². The lowest BCUT2D eigenvalue weighted by Crippen LogP contribution is -2.23. The average Bonchev–Trinajstić information content (AvgIpc) is 3.69. The average molecular weight is 540 g/mol. The van der Waals surface area contributed by atoms with Crippen molar-refractivity contribution >= 4 is 44.9 Å². The molecule has 2 aromatic heterocycles. The van der Waals surface area contributed by atoms with Gasteiger partial charge in [-0.25, -0.2) is 0 Å². The van der Waals surface area contributed by atoms with Crippen molar-refractivity contribution in [1.29, 1.82) is 0 Å². The maximum absolute atomic E-state index is 13.2. The summed E-state index contributed by atoms with van der Waals surface area (Å²) in [5.74, 6) is 0.507. The molecule has 0 saturated heterocycles. The number of rotatable bonds is 8. The van der Waals surface area contributed by atoms with Crippen molar-refractivity contribution in [3.63, 3.8) is 0 Å². The SMILES string of the molecule is O=C1NC(=O)C(n2ccc3cc(OCc4ccccc4)ccc32)=C1c1c[nH]c2ccc(OCc3ccccc3)cc12. The highest BCUT2D eigenvalue weighted by atomic mass is 16.5. The van der Waals surface area contributed by atoms with Crippen LogP contribution in [0.5, 0.6) is 11.5 Å². The van der Waals surface area contributed by atoms with Gasteiger partial charge in [0.25, 0.3) is 11.8 Å². The number of fused-ring (bicyclic) bond motifs is 2. The Balaban J connectivity index is 1.24. The first-order chi connectivity index (χ1) is 20.1. The van der Waals surface area contributed by atoms with E-state index >= 15 is 0 Å². The lowest BCUT2D eigenvalue weighted by atomic mass is 10.0. The Morgan fingerprint density at radius 1 is 0.683 bits per heavy atom. The number of amides is 2. The van der Waals surface area contributed by atoms with E-state index in [1.54, 1.807) is 10.8 Å². The van der Waals surface area contributed by atoms with Gasteiger partial charge in [-0.15, -0.1) is 0 Å². The van der Waals surface area contributed by atoms with E-state index in [-0.39, 0.29) is 5.70 Å². The summed E-state index contributed by atoms with van der Waals surface area (Å²) in [6.07, 6.45) is 3.57. The fraction of sp³-hybridized carbons (Fsp3) is 0.0588. The van der Waals surface area contributed by atoms with E-state index in [0.29, 0.717) is 30.1 Å². The fourth-order valence-electron chi connectivity index (χ4n) is 5.21. The third-order valence-corrected chi connectivity index (χ3v) is 7.23. The number of nitrogens with one attached hydrogen (secondary N) is 2. The molecule has 200 valence electrons. The standard InChI is InChI=1S/C34H25N3O4/c38-33-31(28-19-35-29-13-11-26(18-27(28)29)41-21-23-9-5-2-6-10-23)32(34(39)36-33)37-16-15-24-17-25(12-14-30(24)37)40-20-22-7-3-1-4-8-22/h1-19,35H,20-21H2,(H,36,38,39). The minimum atomic E-state index is -0.447. The molecule has 6 aromatic rings. The zero-order chi connectivity index (χ0) is 27.8. The normalized spacial score (nSPS) is 13.3. The molecule has 41 heavy (non-hydrogen) atoms. The quantitative estimate of drug-likeness (QED) is 0.222. The van der Waals surface area contributed by atoms with Gasteiger partial charge < -0.3 is 19.0 Å². The lowest BCUT2D eigenvalue weighted by Gasteiger charge is -2.10. The van der Waals surface area contributed by atoms with E-state index < -0.39 is 11.8 Å².